The highest BCUT2D eigenvalue weighted by Crippen LogP contribution is 2.36. The van der Waals surface area contributed by atoms with Crippen molar-refractivity contribution in [1.29, 1.82) is 0 Å². The van der Waals surface area contributed by atoms with E-state index in [-0.39, 0.29) is 37.6 Å². The van der Waals surface area contributed by atoms with Gasteiger partial charge in [0.15, 0.2) is 11.5 Å². The molecule has 3 amide bonds. The average Bonchev–Trinajstić information content (AvgIpc) is 3.79. The van der Waals surface area contributed by atoms with Crippen molar-refractivity contribution < 1.29 is 33.3 Å². The normalized spacial score (nSPS) is 22.1. The van der Waals surface area contributed by atoms with Crippen LogP contribution in [0.5, 0.6) is 17.2 Å². The maximum atomic E-state index is 14.4. The SMILES string of the molecule is COc1cc(CC(=O)N[C@@H]2CN(CCO)C[C@@H]2F)ccc1CN1C(=O)N(c2ccc(OC)c(OCCCC3CC3)c2)CC[C@@H]1C. The van der Waals surface area contributed by atoms with Crippen LogP contribution in [0.3, 0.4) is 0 Å². The number of rotatable bonds is 15. The molecule has 0 bridgehead atoms. The smallest absolute Gasteiger partial charge is 0.325 e. The maximum Gasteiger partial charge on any atom is 0.325 e. The fraction of sp³-hybridized carbons (Fsp3) is 0.588. The summed E-state index contributed by atoms with van der Waals surface area (Å²) in [5.41, 5.74) is 2.33. The number of aliphatic hydroxyl groups is 1. The molecule has 2 aromatic rings. The van der Waals surface area contributed by atoms with Crippen LogP contribution in [0, 0.1) is 5.92 Å². The highest BCUT2D eigenvalue weighted by atomic mass is 19.1. The topological polar surface area (TPSA) is 104 Å². The van der Waals surface area contributed by atoms with Crippen molar-refractivity contribution in [2.45, 2.75) is 70.2 Å². The van der Waals surface area contributed by atoms with Gasteiger partial charge in [-0.25, -0.2) is 9.18 Å². The number of ether oxygens (including phenoxy) is 3. The Kier molecular flexibility index (Phi) is 11.0. The fourth-order valence-corrected chi connectivity index (χ4v) is 6.24. The second-order valence-corrected chi connectivity index (χ2v) is 12.5. The lowest BCUT2D eigenvalue weighted by atomic mass is 10.0. The molecule has 0 radical (unpaired) electrons. The summed E-state index contributed by atoms with van der Waals surface area (Å²) in [5, 5.41) is 11.9. The molecule has 246 valence electrons. The summed E-state index contributed by atoms with van der Waals surface area (Å²) in [6, 6.07) is 10.5. The number of hydrogen-bond acceptors (Lipinski definition) is 7. The summed E-state index contributed by atoms with van der Waals surface area (Å²) in [7, 11) is 3.19. The number of carbonyl (C=O) groups excluding carboxylic acids is 2. The maximum absolute atomic E-state index is 14.4. The quantitative estimate of drug-likeness (QED) is 0.286. The zero-order valence-electron chi connectivity index (χ0n) is 26.7. The van der Waals surface area contributed by atoms with Gasteiger partial charge in [-0.1, -0.05) is 25.0 Å². The number of amides is 3. The number of halogens is 1. The molecule has 11 heteroatoms. The second-order valence-electron chi connectivity index (χ2n) is 12.5. The molecular formula is C34H47FN4O6. The van der Waals surface area contributed by atoms with Crippen molar-refractivity contribution in [3.05, 3.63) is 47.5 Å². The van der Waals surface area contributed by atoms with E-state index in [9.17, 15) is 14.0 Å². The Morgan fingerprint density at radius 1 is 1.04 bits per heavy atom. The number of nitrogens with one attached hydrogen (secondary N) is 1. The zero-order valence-corrected chi connectivity index (χ0v) is 26.7. The Morgan fingerprint density at radius 3 is 2.58 bits per heavy atom. The predicted molar refractivity (Wildman–Crippen MR) is 170 cm³/mol. The number of carbonyl (C=O) groups is 2. The standard InChI is InChI=1S/C34H47FN4O6/c1-23-12-13-38(27-10-11-30(43-2)32(19-27)45-16-4-5-24-6-7-24)34(42)39(23)20-26-9-8-25(17-31(26)44-3)18-33(41)36-29-22-37(14-15-40)21-28(29)35/h8-11,17,19,23-24,28-29,40H,4-7,12-16,18,20-22H2,1-3H3,(H,36,41)/t23-,28-,29+/m0/s1. The van der Waals surface area contributed by atoms with Crippen molar-refractivity contribution in [2.75, 3.05) is 58.5 Å². The average molecular weight is 627 g/mol. The third-order valence-corrected chi connectivity index (χ3v) is 9.09. The Balaban J connectivity index is 1.22. The van der Waals surface area contributed by atoms with Crippen LogP contribution in [0.15, 0.2) is 36.4 Å². The fourth-order valence-electron chi connectivity index (χ4n) is 6.24. The molecule has 3 fully saturated rings. The molecule has 1 aliphatic carbocycles. The number of aliphatic hydroxyl groups excluding tert-OH is 1. The molecule has 2 N–H and O–H groups in total. The molecule has 0 spiro atoms. The molecular weight excluding hydrogens is 579 g/mol. The van der Waals surface area contributed by atoms with E-state index < -0.39 is 12.2 Å². The van der Waals surface area contributed by atoms with E-state index in [0.717, 1.165) is 35.6 Å². The summed E-state index contributed by atoms with van der Waals surface area (Å²) in [5.74, 6) is 2.45. The van der Waals surface area contributed by atoms with Crippen LogP contribution in [0.2, 0.25) is 0 Å². The van der Waals surface area contributed by atoms with E-state index in [2.05, 4.69) is 5.32 Å². The van der Waals surface area contributed by atoms with Crippen molar-refractivity contribution in [1.82, 2.24) is 15.1 Å². The second kappa shape index (κ2) is 15.1. The number of β-amino-alcohol motifs (C(OH)–C–C–N with tert-alkyl or cyclic N) is 1. The minimum absolute atomic E-state index is 0.0192. The Bertz CT molecular complexity index is 1320. The minimum Gasteiger partial charge on any atom is -0.496 e. The summed E-state index contributed by atoms with van der Waals surface area (Å²) < 4.78 is 31.7. The largest absolute Gasteiger partial charge is 0.496 e. The van der Waals surface area contributed by atoms with E-state index in [0.29, 0.717) is 50.0 Å². The molecule has 2 saturated heterocycles. The van der Waals surface area contributed by atoms with Gasteiger partial charge in [0, 0.05) is 49.5 Å². The third kappa shape index (κ3) is 8.38. The molecule has 3 aliphatic rings. The van der Waals surface area contributed by atoms with Gasteiger partial charge < -0.3 is 29.5 Å². The molecule has 1 saturated carbocycles. The van der Waals surface area contributed by atoms with Gasteiger partial charge in [-0.3, -0.25) is 14.6 Å². The van der Waals surface area contributed by atoms with Gasteiger partial charge in [-0.15, -0.1) is 0 Å². The number of benzene rings is 2. The number of hydrogen-bond donors (Lipinski definition) is 2. The van der Waals surface area contributed by atoms with Gasteiger partial charge in [-0.2, -0.15) is 0 Å². The lowest BCUT2D eigenvalue weighted by Crippen LogP contribution is -2.53. The molecule has 2 aliphatic heterocycles. The molecule has 10 nitrogen and oxygen atoms in total. The molecule has 0 aromatic heterocycles. The molecule has 45 heavy (non-hydrogen) atoms. The van der Waals surface area contributed by atoms with E-state index in [4.69, 9.17) is 19.3 Å². The van der Waals surface area contributed by atoms with Crippen LogP contribution in [0.1, 0.15) is 50.2 Å². The first kappa shape index (κ1) is 32.8. The lowest BCUT2D eigenvalue weighted by molar-refractivity contribution is -0.121. The van der Waals surface area contributed by atoms with Crippen LogP contribution in [0.25, 0.3) is 0 Å². The van der Waals surface area contributed by atoms with Gasteiger partial charge in [0.1, 0.15) is 11.9 Å². The summed E-state index contributed by atoms with van der Waals surface area (Å²) in [6.07, 6.45) is 4.54. The van der Waals surface area contributed by atoms with E-state index in [1.165, 1.54) is 19.3 Å². The summed E-state index contributed by atoms with van der Waals surface area (Å²) in [4.78, 5) is 32.0. The Labute approximate surface area is 265 Å². The first-order valence-electron chi connectivity index (χ1n) is 16.1. The predicted octanol–water partition coefficient (Wildman–Crippen LogP) is 4.17. The van der Waals surface area contributed by atoms with Gasteiger partial charge in [0.2, 0.25) is 5.91 Å². The monoisotopic (exact) mass is 626 g/mol. The number of alkyl halides is 1. The van der Waals surface area contributed by atoms with Crippen LogP contribution < -0.4 is 24.4 Å². The summed E-state index contributed by atoms with van der Waals surface area (Å²) >= 11 is 0. The minimum atomic E-state index is -1.17. The van der Waals surface area contributed by atoms with Crippen LogP contribution in [0.4, 0.5) is 14.9 Å². The third-order valence-electron chi connectivity index (χ3n) is 9.09. The Morgan fingerprint density at radius 2 is 1.84 bits per heavy atom. The van der Waals surface area contributed by atoms with E-state index in [1.54, 1.807) is 24.0 Å². The van der Waals surface area contributed by atoms with Crippen LogP contribution in [-0.2, 0) is 17.8 Å². The molecule has 0 unspecified atom stereocenters. The van der Waals surface area contributed by atoms with E-state index >= 15 is 0 Å². The number of anilines is 1. The van der Waals surface area contributed by atoms with Gasteiger partial charge >= 0.3 is 6.03 Å². The first-order chi connectivity index (χ1) is 21.8. The van der Waals surface area contributed by atoms with Crippen molar-refractivity contribution in [3.63, 3.8) is 0 Å². The molecule has 5 rings (SSSR count). The van der Waals surface area contributed by atoms with Crippen molar-refractivity contribution in [3.8, 4) is 17.2 Å². The molecule has 3 atom stereocenters. The highest BCUT2D eigenvalue weighted by Gasteiger charge is 2.34. The Hall–Kier alpha value is -3.57. The van der Waals surface area contributed by atoms with Gasteiger partial charge in [-0.05, 0) is 55.9 Å². The number of nitrogens with zero attached hydrogens (tertiary/aromatic N) is 3. The number of likely N-dealkylation sites (tertiary alicyclic amines) is 1. The first-order valence-corrected chi connectivity index (χ1v) is 16.1. The number of methoxy groups -OCH3 is 2. The van der Waals surface area contributed by atoms with Crippen LogP contribution >= 0.6 is 0 Å². The lowest BCUT2D eigenvalue weighted by Gasteiger charge is -2.40. The molecule has 2 heterocycles. The van der Waals surface area contributed by atoms with Gasteiger partial charge in [0.05, 0.1) is 46.4 Å². The van der Waals surface area contributed by atoms with Crippen molar-refractivity contribution >= 4 is 17.6 Å². The number of urea groups is 1. The van der Waals surface area contributed by atoms with E-state index in [1.807, 2.05) is 48.2 Å². The van der Waals surface area contributed by atoms with Crippen molar-refractivity contribution in [2.24, 2.45) is 5.92 Å². The highest BCUT2D eigenvalue weighted by molar-refractivity contribution is 5.93. The van der Waals surface area contributed by atoms with Gasteiger partial charge in [0.25, 0.3) is 0 Å². The van der Waals surface area contributed by atoms with Crippen LogP contribution in [-0.4, -0.2) is 98.7 Å². The molecule has 2 aromatic carbocycles. The summed E-state index contributed by atoms with van der Waals surface area (Å²) in [6.45, 7) is 4.52. The zero-order chi connectivity index (χ0) is 31.9.